The van der Waals surface area contributed by atoms with Crippen LogP contribution in [0.15, 0.2) is 30.5 Å². The molecule has 1 atom stereocenters. The lowest BCUT2D eigenvalue weighted by Gasteiger charge is -2.32. The third-order valence-corrected chi connectivity index (χ3v) is 4.74. The predicted octanol–water partition coefficient (Wildman–Crippen LogP) is 3.08. The Morgan fingerprint density at radius 3 is 2.96 bits per heavy atom. The second-order valence-corrected chi connectivity index (χ2v) is 6.89. The van der Waals surface area contributed by atoms with Gasteiger partial charge in [-0.3, -0.25) is 14.8 Å². The molecule has 2 aromatic rings. The van der Waals surface area contributed by atoms with Crippen LogP contribution < -0.4 is 5.32 Å². The summed E-state index contributed by atoms with van der Waals surface area (Å²) in [4.78, 5) is 13.5. The summed E-state index contributed by atoms with van der Waals surface area (Å²) in [6.07, 6.45) is 4.24. The van der Waals surface area contributed by atoms with Gasteiger partial charge in [0.05, 0.1) is 11.9 Å². The lowest BCUT2D eigenvalue weighted by molar-refractivity contribution is -0.119. The van der Waals surface area contributed by atoms with Gasteiger partial charge >= 0.3 is 0 Å². The van der Waals surface area contributed by atoms with Crippen molar-refractivity contribution in [2.24, 2.45) is 5.92 Å². The van der Waals surface area contributed by atoms with Crippen molar-refractivity contribution < 1.29 is 4.79 Å². The fourth-order valence-electron chi connectivity index (χ4n) is 3.29. The summed E-state index contributed by atoms with van der Waals surface area (Å²) in [6.45, 7) is 5.30. The Balaban J connectivity index is 1.65. The van der Waals surface area contributed by atoms with Crippen molar-refractivity contribution in [3.05, 3.63) is 41.0 Å². The molecule has 1 amide bonds. The lowest BCUT2D eigenvalue weighted by Crippen LogP contribution is -2.40. The van der Waals surface area contributed by atoms with E-state index in [1.807, 2.05) is 30.5 Å². The predicted molar refractivity (Wildman–Crippen MR) is 95.7 cm³/mol. The first-order chi connectivity index (χ1) is 11.6. The van der Waals surface area contributed by atoms with E-state index in [1.54, 1.807) is 6.92 Å². The molecule has 24 heavy (non-hydrogen) atoms. The number of H-pyrrole nitrogens is 1. The van der Waals surface area contributed by atoms with E-state index in [1.165, 1.54) is 18.4 Å². The Morgan fingerprint density at radius 1 is 1.42 bits per heavy atom. The van der Waals surface area contributed by atoms with Crippen molar-refractivity contribution in [1.82, 2.24) is 20.4 Å². The number of rotatable bonds is 5. The van der Waals surface area contributed by atoms with Gasteiger partial charge in [-0.25, -0.2) is 0 Å². The molecule has 6 heteroatoms. The molecule has 0 bridgehead atoms. The van der Waals surface area contributed by atoms with Crippen molar-refractivity contribution in [3.8, 4) is 11.3 Å². The number of carbonyl (C=O) groups excluding carboxylic acids is 1. The number of amides is 1. The number of nitrogens with zero attached hydrogens (tertiary/aromatic N) is 2. The van der Waals surface area contributed by atoms with Crippen LogP contribution in [0.4, 0.5) is 0 Å². The number of aromatic amines is 1. The van der Waals surface area contributed by atoms with Crippen molar-refractivity contribution in [1.29, 1.82) is 0 Å². The van der Waals surface area contributed by atoms with Crippen LogP contribution in [0.25, 0.3) is 11.3 Å². The van der Waals surface area contributed by atoms with E-state index in [0.717, 1.165) is 42.5 Å². The molecule has 1 fully saturated rings. The van der Waals surface area contributed by atoms with Gasteiger partial charge in [-0.1, -0.05) is 23.7 Å². The van der Waals surface area contributed by atoms with Gasteiger partial charge in [-0.2, -0.15) is 5.10 Å². The first-order valence-corrected chi connectivity index (χ1v) is 8.74. The molecular weight excluding hydrogens is 324 g/mol. The molecule has 0 aliphatic carbocycles. The number of benzene rings is 1. The van der Waals surface area contributed by atoms with Gasteiger partial charge in [0.1, 0.15) is 0 Å². The number of halogens is 1. The number of hydrogen-bond donors (Lipinski definition) is 2. The highest BCUT2D eigenvalue weighted by Gasteiger charge is 2.21. The maximum Gasteiger partial charge on any atom is 0.216 e. The number of piperidine rings is 1. The molecule has 1 aliphatic rings. The molecule has 1 aromatic heterocycles. The average Bonchev–Trinajstić information content (AvgIpc) is 3.02. The SMILES string of the molecule is CC(=O)NC[C@@H]1CCCN(Cc2cn[nH]c2-c2ccc(Cl)cc2)C1. The summed E-state index contributed by atoms with van der Waals surface area (Å²) >= 11 is 5.97. The Bertz CT molecular complexity index is 683. The number of hydrogen-bond acceptors (Lipinski definition) is 3. The molecule has 2 heterocycles. The topological polar surface area (TPSA) is 61.0 Å². The normalized spacial score (nSPS) is 18.5. The Kier molecular flexibility index (Phi) is 5.53. The average molecular weight is 347 g/mol. The third kappa shape index (κ3) is 4.36. The first kappa shape index (κ1) is 17.0. The lowest BCUT2D eigenvalue weighted by atomic mass is 9.97. The Hall–Kier alpha value is -1.85. The van der Waals surface area contributed by atoms with Gasteiger partial charge in [0.2, 0.25) is 5.91 Å². The van der Waals surface area contributed by atoms with Gasteiger partial charge < -0.3 is 5.32 Å². The molecule has 1 aliphatic heterocycles. The number of aromatic nitrogens is 2. The van der Waals surface area contributed by atoms with Gasteiger partial charge in [0.25, 0.3) is 0 Å². The Morgan fingerprint density at radius 2 is 2.21 bits per heavy atom. The van der Waals surface area contributed by atoms with Crippen LogP contribution in [-0.2, 0) is 11.3 Å². The molecule has 3 rings (SSSR count). The molecule has 1 saturated heterocycles. The fraction of sp³-hybridized carbons (Fsp3) is 0.444. The standard InChI is InChI=1S/C18H23ClN4O/c1-13(24)20-9-14-3-2-8-23(11-14)12-16-10-21-22-18(16)15-4-6-17(19)7-5-15/h4-7,10,14H,2-3,8-9,11-12H2,1H3,(H,20,24)(H,21,22)/t14-/m0/s1. The molecular formula is C18H23ClN4O. The highest BCUT2D eigenvalue weighted by molar-refractivity contribution is 6.30. The first-order valence-electron chi connectivity index (χ1n) is 8.37. The van der Waals surface area contributed by atoms with Crippen LogP contribution in [0.5, 0.6) is 0 Å². The van der Waals surface area contributed by atoms with E-state index >= 15 is 0 Å². The van der Waals surface area contributed by atoms with Gasteiger partial charge in [0, 0.05) is 37.1 Å². The van der Waals surface area contributed by atoms with Gasteiger partial charge in [0.15, 0.2) is 0 Å². The minimum atomic E-state index is 0.0481. The number of nitrogens with one attached hydrogen (secondary N) is 2. The van der Waals surface area contributed by atoms with Gasteiger partial charge in [-0.05, 0) is 43.0 Å². The van der Waals surface area contributed by atoms with E-state index in [0.29, 0.717) is 5.92 Å². The number of carbonyl (C=O) groups is 1. The summed E-state index contributed by atoms with van der Waals surface area (Å²) in [5, 5.41) is 11.0. The second-order valence-electron chi connectivity index (χ2n) is 6.46. The third-order valence-electron chi connectivity index (χ3n) is 4.49. The van der Waals surface area contributed by atoms with Gasteiger partial charge in [-0.15, -0.1) is 0 Å². The minimum absolute atomic E-state index is 0.0481. The summed E-state index contributed by atoms with van der Waals surface area (Å²) in [6, 6.07) is 7.81. The van der Waals surface area contributed by atoms with Crippen LogP contribution in [0.2, 0.25) is 5.02 Å². The van der Waals surface area contributed by atoms with Crippen LogP contribution in [0, 0.1) is 5.92 Å². The summed E-state index contributed by atoms with van der Waals surface area (Å²) < 4.78 is 0. The second kappa shape index (κ2) is 7.81. The minimum Gasteiger partial charge on any atom is -0.356 e. The molecule has 0 saturated carbocycles. The van der Waals surface area contributed by atoms with Crippen molar-refractivity contribution >= 4 is 17.5 Å². The van der Waals surface area contributed by atoms with E-state index in [9.17, 15) is 4.79 Å². The summed E-state index contributed by atoms with van der Waals surface area (Å²) in [7, 11) is 0. The molecule has 2 N–H and O–H groups in total. The van der Waals surface area contributed by atoms with E-state index in [2.05, 4.69) is 20.4 Å². The van der Waals surface area contributed by atoms with Crippen LogP contribution >= 0.6 is 11.6 Å². The number of likely N-dealkylation sites (tertiary alicyclic amines) is 1. The van der Waals surface area contributed by atoms with Crippen LogP contribution in [-0.4, -0.2) is 40.6 Å². The van der Waals surface area contributed by atoms with E-state index < -0.39 is 0 Å². The summed E-state index contributed by atoms with van der Waals surface area (Å²) in [5.41, 5.74) is 3.34. The smallest absolute Gasteiger partial charge is 0.216 e. The maximum atomic E-state index is 11.1. The van der Waals surface area contributed by atoms with Crippen LogP contribution in [0.3, 0.4) is 0 Å². The zero-order valence-electron chi connectivity index (χ0n) is 13.9. The molecule has 0 radical (unpaired) electrons. The summed E-state index contributed by atoms with van der Waals surface area (Å²) in [5.74, 6) is 0.570. The van der Waals surface area contributed by atoms with Crippen molar-refractivity contribution in [3.63, 3.8) is 0 Å². The zero-order valence-corrected chi connectivity index (χ0v) is 14.6. The highest BCUT2D eigenvalue weighted by Crippen LogP contribution is 2.25. The molecule has 128 valence electrons. The quantitative estimate of drug-likeness (QED) is 0.874. The Labute approximate surface area is 147 Å². The fourth-order valence-corrected chi connectivity index (χ4v) is 3.41. The molecule has 0 spiro atoms. The monoisotopic (exact) mass is 346 g/mol. The molecule has 0 unspecified atom stereocenters. The largest absolute Gasteiger partial charge is 0.356 e. The van der Waals surface area contributed by atoms with Crippen molar-refractivity contribution in [2.75, 3.05) is 19.6 Å². The van der Waals surface area contributed by atoms with E-state index in [4.69, 9.17) is 11.6 Å². The maximum absolute atomic E-state index is 11.1. The zero-order chi connectivity index (χ0) is 16.9. The van der Waals surface area contributed by atoms with Crippen molar-refractivity contribution in [2.45, 2.75) is 26.3 Å². The van der Waals surface area contributed by atoms with E-state index in [-0.39, 0.29) is 5.91 Å². The van der Waals surface area contributed by atoms with Crippen LogP contribution in [0.1, 0.15) is 25.3 Å². The highest BCUT2D eigenvalue weighted by atomic mass is 35.5. The molecule has 5 nitrogen and oxygen atoms in total. The molecule has 1 aromatic carbocycles.